The summed E-state index contributed by atoms with van der Waals surface area (Å²) in [5, 5.41) is 0. The van der Waals surface area contributed by atoms with Crippen molar-refractivity contribution in [1.82, 2.24) is 4.57 Å². The first-order chi connectivity index (χ1) is 11.7. The Morgan fingerprint density at radius 1 is 1.29 bits per heavy atom. The third-order valence-corrected chi connectivity index (χ3v) is 4.80. The summed E-state index contributed by atoms with van der Waals surface area (Å²) < 4.78 is 12.7. The molecule has 2 fully saturated rings. The van der Waals surface area contributed by atoms with Crippen LogP contribution in [-0.4, -0.2) is 42.4 Å². The van der Waals surface area contributed by atoms with Crippen LogP contribution in [0.3, 0.4) is 0 Å². The second-order valence-corrected chi connectivity index (χ2v) is 6.90. The van der Waals surface area contributed by atoms with E-state index in [2.05, 4.69) is 0 Å². The van der Waals surface area contributed by atoms with E-state index in [-0.39, 0.29) is 18.6 Å². The Morgan fingerprint density at radius 3 is 2.88 bits per heavy atom. The van der Waals surface area contributed by atoms with Gasteiger partial charge in [0.15, 0.2) is 0 Å². The van der Waals surface area contributed by atoms with Crippen LogP contribution in [0.1, 0.15) is 55.3 Å². The van der Waals surface area contributed by atoms with Crippen molar-refractivity contribution >= 4 is 5.91 Å². The number of aromatic nitrogens is 1. The number of hydrogen-bond acceptors (Lipinski definition) is 4. The first-order valence-electron chi connectivity index (χ1n) is 9.18. The molecule has 132 valence electrons. The van der Waals surface area contributed by atoms with Gasteiger partial charge >= 0.3 is 0 Å². The van der Waals surface area contributed by atoms with Gasteiger partial charge in [-0.3, -0.25) is 14.4 Å². The zero-order chi connectivity index (χ0) is 16.8. The Balaban J connectivity index is 1.66. The highest BCUT2D eigenvalue weighted by Gasteiger charge is 2.17. The van der Waals surface area contributed by atoms with Gasteiger partial charge in [-0.2, -0.15) is 0 Å². The maximum Gasteiger partial charge on any atom is 0.258 e. The average Bonchev–Trinajstić information content (AvgIpc) is 3.09. The number of pyridine rings is 1. The maximum atomic E-state index is 12.5. The van der Waals surface area contributed by atoms with E-state index in [1.165, 1.54) is 19.3 Å². The summed E-state index contributed by atoms with van der Waals surface area (Å²) in [5.74, 6) is -0.0671. The van der Waals surface area contributed by atoms with Gasteiger partial charge in [0.05, 0.1) is 18.8 Å². The molecule has 1 saturated heterocycles. The predicted molar refractivity (Wildman–Crippen MR) is 92.0 cm³/mol. The molecule has 0 spiro atoms. The average molecular weight is 332 g/mol. The van der Waals surface area contributed by atoms with Crippen LogP contribution >= 0.6 is 0 Å². The SMILES string of the molecule is Cc1ccn(C(=O)COCC2CCCO2)c(=NC2CCCCC2)c1. The zero-order valence-electron chi connectivity index (χ0n) is 14.6. The number of rotatable bonds is 5. The molecule has 3 rings (SSSR count). The van der Waals surface area contributed by atoms with Gasteiger partial charge in [-0.05, 0) is 50.3 Å². The van der Waals surface area contributed by atoms with Gasteiger partial charge < -0.3 is 9.47 Å². The maximum absolute atomic E-state index is 12.5. The quantitative estimate of drug-likeness (QED) is 0.833. The standard InChI is InChI=1S/C19H28N2O3/c1-15-9-10-21(18(12-15)20-16-6-3-2-4-7-16)19(22)14-23-13-17-8-5-11-24-17/h9-10,12,16-17H,2-8,11,13-14H2,1H3. The number of carbonyl (C=O) groups is 1. The number of nitrogens with zero attached hydrogens (tertiary/aromatic N) is 2. The minimum Gasteiger partial charge on any atom is -0.376 e. The summed E-state index contributed by atoms with van der Waals surface area (Å²) in [6, 6.07) is 4.28. The Bertz CT molecular complexity index is 611. The van der Waals surface area contributed by atoms with Crippen LogP contribution in [0, 0.1) is 6.92 Å². The van der Waals surface area contributed by atoms with E-state index >= 15 is 0 Å². The summed E-state index contributed by atoms with van der Waals surface area (Å²) in [4.78, 5) is 17.4. The van der Waals surface area contributed by atoms with Gasteiger partial charge in [0.1, 0.15) is 12.1 Å². The second kappa shape index (κ2) is 8.58. The minimum absolute atomic E-state index is 0.0671. The fraction of sp³-hybridized carbons (Fsp3) is 0.684. The molecule has 5 nitrogen and oxygen atoms in total. The molecule has 1 aliphatic heterocycles. The van der Waals surface area contributed by atoms with Crippen LogP contribution in [0.15, 0.2) is 23.3 Å². The number of ether oxygens (including phenoxy) is 2. The van der Waals surface area contributed by atoms with E-state index in [1.807, 2.05) is 25.3 Å². The smallest absolute Gasteiger partial charge is 0.258 e. The van der Waals surface area contributed by atoms with E-state index in [0.29, 0.717) is 12.6 Å². The van der Waals surface area contributed by atoms with E-state index in [4.69, 9.17) is 14.5 Å². The molecule has 0 aromatic carbocycles. The molecule has 1 aliphatic carbocycles. The van der Waals surface area contributed by atoms with Gasteiger partial charge in [-0.15, -0.1) is 0 Å². The Kier molecular flexibility index (Phi) is 6.21. The van der Waals surface area contributed by atoms with Crippen LogP contribution in [-0.2, 0) is 9.47 Å². The van der Waals surface area contributed by atoms with Crippen molar-refractivity contribution < 1.29 is 14.3 Å². The van der Waals surface area contributed by atoms with Crippen LogP contribution in [0.25, 0.3) is 0 Å². The van der Waals surface area contributed by atoms with Crippen LogP contribution in [0.2, 0.25) is 0 Å². The molecular formula is C19H28N2O3. The summed E-state index contributed by atoms with van der Waals surface area (Å²) in [6.07, 6.45) is 10.1. The first kappa shape index (κ1) is 17.4. The third kappa shape index (κ3) is 4.77. The lowest BCUT2D eigenvalue weighted by Gasteiger charge is -2.18. The van der Waals surface area contributed by atoms with E-state index < -0.39 is 0 Å². The van der Waals surface area contributed by atoms with Crippen molar-refractivity contribution in [3.8, 4) is 0 Å². The predicted octanol–water partition coefficient (Wildman–Crippen LogP) is 2.87. The van der Waals surface area contributed by atoms with Crippen LogP contribution < -0.4 is 5.49 Å². The monoisotopic (exact) mass is 332 g/mol. The van der Waals surface area contributed by atoms with E-state index in [1.54, 1.807) is 4.57 Å². The summed E-state index contributed by atoms with van der Waals surface area (Å²) in [5.41, 5.74) is 1.88. The van der Waals surface area contributed by atoms with Crippen molar-refractivity contribution in [2.24, 2.45) is 4.99 Å². The molecule has 1 saturated carbocycles. The van der Waals surface area contributed by atoms with Crippen molar-refractivity contribution in [3.63, 3.8) is 0 Å². The number of carbonyl (C=O) groups excluding carboxylic acids is 1. The second-order valence-electron chi connectivity index (χ2n) is 6.90. The molecule has 1 aromatic rings. The van der Waals surface area contributed by atoms with Crippen LogP contribution in [0.5, 0.6) is 0 Å². The van der Waals surface area contributed by atoms with Crippen LogP contribution in [0.4, 0.5) is 0 Å². The van der Waals surface area contributed by atoms with Crippen molar-refractivity contribution in [1.29, 1.82) is 0 Å². The Hall–Kier alpha value is -1.46. The number of aryl methyl sites for hydroxylation is 1. The molecular weight excluding hydrogens is 304 g/mol. The molecule has 1 atom stereocenters. The summed E-state index contributed by atoms with van der Waals surface area (Å²) in [7, 11) is 0. The molecule has 0 radical (unpaired) electrons. The molecule has 0 amide bonds. The van der Waals surface area contributed by atoms with Crippen molar-refractivity contribution in [3.05, 3.63) is 29.4 Å². The van der Waals surface area contributed by atoms with Crippen molar-refractivity contribution in [2.75, 3.05) is 19.8 Å². The highest BCUT2D eigenvalue weighted by atomic mass is 16.5. The number of hydrogen-bond donors (Lipinski definition) is 0. The first-order valence-corrected chi connectivity index (χ1v) is 9.18. The molecule has 0 bridgehead atoms. The largest absolute Gasteiger partial charge is 0.376 e. The fourth-order valence-corrected chi connectivity index (χ4v) is 3.42. The minimum atomic E-state index is -0.0671. The molecule has 1 aromatic heterocycles. The van der Waals surface area contributed by atoms with Crippen molar-refractivity contribution in [2.45, 2.75) is 64.0 Å². The topological polar surface area (TPSA) is 52.8 Å². The summed E-state index contributed by atoms with van der Waals surface area (Å²) in [6.45, 7) is 3.40. The Labute approximate surface area is 143 Å². The summed E-state index contributed by atoms with van der Waals surface area (Å²) >= 11 is 0. The molecule has 24 heavy (non-hydrogen) atoms. The lowest BCUT2D eigenvalue weighted by atomic mass is 9.96. The third-order valence-electron chi connectivity index (χ3n) is 4.80. The highest BCUT2D eigenvalue weighted by Crippen LogP contribution is 2.19. The lowest BCUT2D eigenvalue weighted by molar-refractivity contribution is 0.0161. The van der Waals surface area contributed by atoms with E-state index in [9.17, 15) is 4.79 Å². The fourth-order valence-electron chi connectivity index (χ4n) is 3.42. The Morgan fingerprint density at radius 2 is 2.12 bits per heavy atom. The molecule has 0 N–H and O–H groups in total. The highest BCUT2D eigenvalue weighted by molar-refractivity contribution is 5.79. The molecule has 2 aliphatic rings. The normalized spacial score (nSPS) is 22.9. The lowest BCUT2D eigenvalue weighted by Crippen LogP contribution is -2.32. The molecule has 5 heteroatoms. The van der Waals surface area contributed by atoms with Gasteiger partial charge in [-0.25, -0.2) is 0 Å². The zero-order valence-corrected chi connectivity index (χ0v) is 14.6. The van der Waals surface area contributed by atoms with Gasteiger partial charge in [-0.1, -0.05) is 19.3 Å². The molecule has 2 heterocycles. The van der Waals surface area contributed by atoms with Gasteiger partial charge in [0.25, 0.3) is 5.91 Å². The van der Waals surface area contributed by atoms with Gasteiger partial charge in [0.2, 0.25) is 0 Å². The molecule has 1 unspecified atom stereocenters. The van der Waals surface area contributed by atoms with E-state index in [0.717, 1.165) is 43.3 Å². The van der Waals surface area contributed by atoms with Gasteiger partial charge in [0, 0.05) is 12.8 Å².